The van der Waals surface area contributed by atoms with Crippen LogP contribution in [0.5, 0.6) is 17.2 Å². The molecule has 0 spiro atoms. The Bertz CT molecular complexity index is 1060. The number of nitrogens with zero attached hydrogens (tertiary/aromatic N) is 1. The number of rotatable bonds is 10. The number of benzene rings is 2. The molecule has 0 radical (unpaired) electrons. The lowest BCUT2D eigenvalue weighted by molar-refractivity contribution is -0.384. The van der Waals surface area contributed by atoms with Gasteiger partial charge < -0.3 is 18.9 Å². The summed E-state index contributed by atoms with van der Waals surface area (Å²) >= 11 is 0. The molecule has 0 fully saturated rings. The zero-order chi connectivity index (χ0) is 24.1. The Balaban J connectivity index is 2.49. The minimum Gasteiger partial charge on any atom is -0.493 e. The molecule has 32 heavy (non-hydrogen) atoms. The third-order valence-electron chi connectivity index (χ3n) is 4.32. The Morgan fingerprint density at radius 2 is 1.53 bits per heavy atom. The zero-order valence-electron chi connectivity index (χ0n) is 18.1. The largest absolute Gasteiger partial charge is 0.493 e. The lowest BCUT2D eigenvalue weighted by atomic mass is 10.0. The maximum Gasteiger partial charge on any atom is 0.338 e. The molecule has 0 aliphatic carbocycles. The van der Waals surface area contributed by atoms with Crippen LogP contribution in [-0.4, -0.2) is 53.0 Å². The molecule has 0 N–H and O–H groups in total. The van der Waals surface area contributed by atoms with E-state index in [1.54, 1.807) is 0 Å². The molecule has 0 amide bonds. The molecule has 0 aromatic heterocycles. The summed E-state index contributed by atoms with van der Waals surface area (Å²) in [7, 11) is 0.325. The first-order chi connectivity index (χ1) is 15.0. The third kappa shape index (κ3) is 6.08. The predicted molar refractivity (Wildman–Crippen MR) is 113 cm³/mol. The van der Waals surface area contributed by atoms with Crippen LogP contribution in [0.25, 0.3) is 0 Å². The van der Waals surface area contributed by atoms with Crippen molar-refractivity contribution in [2.75, 3.05) is 27.6 Å². The van der Waals surface area contributed by atoms with E-state index in [1.807, 2.05) is 0 Å². The Labute approximate surface area is 185 Å². The van der Waals surface area contributed by atoms with Crippen molar-refractivity contribution < 1.29 is 41.3 Å². The molecular weight excluding hydrogens is 446 g/mol. The molecular formula is C20H23NO10S. The second-order valence-corrected chi connectivity index (χ2v) is 8.19. The standard InChI is InChI=1S/C20H23NO10S/c1-12(31-32(5,25)26)18(14-10-16(27-2)19(29-4)17(11-14)28-3)30-20(22)13-6-8-15(9-7-13)21(23)24/h6-12,18H,1-5H3/t12-,18-/m1/s1. The maximum absolute atomic E-state index is 12.7. The molecule has 174 valence electrons. The Kier molecular flexibility index (Phi) is 8.00. The van der Waals surface area contributed by atoms with Gasteiger partial charge in [-0.3, -0.25) is 14.3 Å². The molecule has 11 nitrogen and oxygen atoms in total. The molecule has 2 rings (SSSR count). The van der Waals surface area contributed by atoms with E-state index in [-0.39, 0.29) is 28.5 Å². The van der Waals surface area contributed by atoms with Crippen LogP contribution in [0.2, 0.25) is 0 Å². The summed E-state index contributed by atoms with van der Waals surface area (Å²) in [5.74, 6) is -0.0481. The van der Waals surface area contributed by atoms with Crippen molar-refractivity contribution in [3.05, 3.63) is 57.6 Å². The van der Waals surface area contributed by atoms with E-state index in [2.05, 4.69) is 0 Å². The molecule has 2 aromatic carbocycles. The Morgan fingerprint density at radius 1 is 1.00 bits per heavy atom. The van der Waals surface area contributed by atoms with Gasteiger partial charge in [0.1, 0.15) is 6.10 Å². The van der Waals surface area contributed by atoms with Gasteiger partial charge in [0.15, 0.2) is 17.6 Å². The van der Waals surface area contributed by atoms with Crippen molar-refractivity contribution >= 4 is 21.8 Å². The average molecular weight is 469 g/mol. The highest BCUT2D eigenvalue weighted by atomic mass is 32.2. The highest BCUT2D eigenvalue weighted by Gasteiger charge is 2.30. The lowest BCUT2D eigenvalue weighted by Crippen LogP contribution is -2.26. The average Bonchev–Trinajstić information content (AvgIpc) is 2.74. The lowest BCUT2D eigenvalue weighted by Gasteiger charge is -2.25. The summed E-state index contributed by atoms with van der Waals surface area (Å²) in [6.45, 7) is 1.41. The van der Waals surface area contributed by atoms with Gasteiger partial charge in [0.25, 0.3) is 15.8 Å². The number of esters is 1. The van der Waals surface area contributed by atoms with E-state index in [0.717, 1.165) is 18.4 Å². The SMILES string of the molecule is COc1cc([C@H](OC(=O)c2ccc([N+](=O)[O-])cc2)[C@@H](C)OS(C)(=O)=O)cc(OC)c1OC. The first-order valence-electron chi connectivity index (χ1n) is 9.14. The van der Waals surface area contributed by atoms with Crippen LogP contribution in [0.1, 0.15) is 28.9 Å². The van der Waals surface area contributed by atoms with E-state index in [4.69, 9.17) is 23.1 Å². The molecule has 0 bridgehead atoms. The number of non-ortho nitro benzene ring substituents is 1. The fourth-order valence-electron chi connectivity index (χ4n) is 2.93. The van der Waals surface area contributed by atoms with E-state index < -0.39 is 33.2 Å². The van der Waals surface area contributed by atoms with Gasteiger partial charge in [0.2, 0.25) is 5.75 Å². The van der Waals surface area contributed by atoms with Crippen LogP contribution in [0, 0.1) is 10.1 Å². The van der Waals surface area contributed by atoms with E-state index in [9.17, 15) is 23.3 Å². The van der Waals surface area contributed by atoms with Crippen LogP contribution >= 0.6 is 0 Å². The van der Waals surface area contributed by atoms with Gasteiger partial charge in [0.05, 0.1) is 38.1 Å². The summed E-state index contributed by atoms with van der Waals surface area (Å²) in [6, 6.07) is 7.76. The fourth-order valence-corrected chi connectivity index (χ4v) is 3.58. The Hall–Kier alpha value is -3.38. The quantitative estimate of drug-likeness (QED) is 0.221. The van der Waals surface area contributed by atoms with Gasteiger partial charge in [-0.15, -0.1) is 0 Å². The van der Waals surface area contributed by atoms with Gasteiger partial charge >= 0.3 is 5.97 Å². The minimum atomic E-state index is -3.89. The third-order valence-corrected chi connectivity index (χ3v) is 4.97. The van der Waals surface area contributed by atoms with Crippen molar-refractivity contribution in [2.24, 2.45) is 0 Å². The maximum atomic E-state index is 12.7. The number of methoxy groups -OCH3 is 3. The highest BCUT2D eigenvalue weighted by molar-refractivity contribution is 7.86. The van der Waals surface area contributed by atoms with Crippen LogP contribution in [0.3, 0.4) is 0 Å². The molecule has 0 aliphatic rings. The molecule has 2 atom stereocenters. The fraction of sp³-hybridized carbons (Fsp3) is 0.350. The summed E-state index contributed by atoms with van der Waals surface area (Å²) < 4.78 is 49.9. The summed E-state index contributed by atoms with van der Waals surface area (Å²) in [6.07, 6.45) is -1.47. The second kappa shape index (κ2) is 10.3. The number of nitro benzene ring substituents is 1. The minimum absolute atomic E-state index is 0.0274. The zero-order valence-corrected chi connectivity index (χ0v) is 18.9. The highest BCUT2D eigenvalue weighted by Crippen LogP contribution is 2.41. The van der Waals surface area contributed by atoms with Crippen LogP contribution in [0.15, 0.2) is 36.4 Å². The molecule has 0 saturated carbocycles. The number of hydrogen-bond acceptors (Lipinski definition) is 10. The molecule has 0 saturated heterocycles. The van der Waals surface area contributed by atoms with E-state index >= 15 is 0 Å². The number of nitro groups is 1. The topological polar surface area (TPSA) is 140 Å². The van der Waals surface area contributed by atoms with Crippen LogP contribution < -0.4 is 14.2 Å². The molecule has 0 unspecified atom stereocenters. The monoisotopic (exact) mass is 469 g/mol. The van der Waals surface area contributed by atoms with E-state index in [1.165, 1.54) is 52.5 Å². The molecule has 0 aliphatic heterocycles. The van der Waals surface area contributed by atoms with Crippen LogP contribution in [-0.2, 0) is 19.0 Å². The van der Waals surface area contributed by atoms with Gasteiger partial charge in [0, 0.05) is 17.7 Å². The first kappa shape index (κ1) is 24.9. The summed E-state index contributed by atoms with van der Waals surface area (Å²) in [5.41, 5.74) is 0.141. The second-order valence-electron chi connectivity index (χ2n) is 6.59. The number of hydrogen-bond donors (Lipinski definition) is 0. The molecule has 2 aromatic rings. The van der Waals surface area contributed by atoms with E-state index in [0.29, 0.717) is 5.56 Å². The predicted octanol–water partition coefficient (Wildman–Crippen LogP) is 2.88. The first-order valence-corrected chi connectivity index (χ1v) is 11.0. The summed E-state index contributed by atoms with van der Waals surface area (Å²) in [5, 5.41) is 10.8. The van der Waals surface area contributed by atoms with Gasteiger partial charge in [-0.1, -0.05) is 0 Å². The van der Waals surface area contributed by atoms with Crippen molar-refractivity contribution in [3.8, 4) is 17.2 Å². The Morgan fingerprint density at radius 3 is 1.94 bits per heavy atom. The van der Waals surface area contributed by atoms with Crippen LogP contribution in [0.4, 0.5) is 5.69 Å². The normalized spacial score (nSPS) is 13.0. The van der Waals surface area contributed by atoms with Crippen molar-refractivity contribution in [1.29, 1.82) is 0 Å². The number of carbonyl (C=O) groups excluding carboxylic acids is 1. The van der Waals surface area contributed by atoms with Crippen molar-refractivity contribution in [2.45, 2.75) is 19.1 Å². The van der Waals surface area contributed by atoms with Gasteiger partial charge in [-0.05, 0) is 31.2 Å². The number of carbonyl (C=O) groups is 1. The molecule has 12 heteroatoms. The smallest absolute Gasteiger partial charge is 0.338 e. The van der Waals surface area contributed by atoms with Gasteiger partial charge in [-0.2, -0.15) is 8.42 Å². The van der Waals surface area contributed by atoms with Crippen molar-refractivity contribution in [1.82, 2.24) is 0 Å². The van der Waals surface area contributed by atoms with Crippen molar-refractivity contribution in [3.63, 3.8) is 0 Å². The molecule has 0 heterocycles. The summed E-state index contributed by atoms with van der Waals surface area (Å²) in [4.78, 5) is 22.9. The van der Waals surface area contributed by atoms with Gasteiger partial charge in [-0.25, -0.2) is 4.79 Å². The number of ether oxygens (including phenoxy) is 4.